The number of ether oxygens (including phenoxy) is 3. The van der Waals surface area contributed by atoms with E-state index in [1.165, 1.54) is 12.0 Å². The van der Waals surface area contributed by atoms with Crippen LogP contribution in [0, 0.1) is 11.6 Å². The van der Waals surface area contributed by atoms with Crippen molar-refractivity contribution >= 4 is 34.9 Å². The number of halogens is 2. The average molecular weight is 626 g/mol. The first-order chi connectivity index (χ1) is 21.0. The first-order valence-corrected chi connectivity index (χ1v) is 14.9. The zero-order valence-electron chi connectivity index (χ0n) is 26.9. The van der Waals surface area contributed by atoms with Gasteiger partial charge in [-0.3, -0.25) is 4.79 Å². The zero-order chi connectivity index (χ0) is 33.1. The standard InChI is InChI=1S/C34H41F2N3O6/c1-33(2,3)44-31(41)38-14-10-21(11-15-38)25-9-8-24(20-28(25)43-7)37-30(40)23-18-26(35)29(27(36)19-23)22-12-16-39(17-13-22)32(42)45-34(4,5)6/h8-10,12,18-20H,11,13-17H2,1-7H3,(H,37,40). The lowest BCUT2D eigenvalue weighted by Crippen LogP contribution is -2.39. The van der Waals surface area contributed by atoms with Gasteiger partial charge < -0.3 is 29.3 Å². The molecule has 2 aromatic rings. The van der Waals surface area contributed by atoms with E-state index in [1.54, 1.807) is 49.9 Å². The predicted molar refractivity (Wildman–Crippen MR) is 168 cm³/mol. The number of anilines is 1. The Balaban J connectivity index is 1.43. The highest BCUT2D eigenvalue weighted by molar-refractivity contribution is 6.04. The summed E-state index contributed by atoms with van der Waals surface area (Å²) in [6.45, 7) is 12.0. The van der Waals surface area contributed by atoms with Gasteiger partial charge in [-0.2, -0.15) is 0 Å². The molecule has 0 aromatic heterocycles. The zero-order valence-corrected chi connectivity index (χ0v) is 26.9. The Hall–Kier alpha value is -4.41. The minimum atomic E-state index is -0.866. The van der Waals surface area contributed by atoms with E-state index in [1.807, 2.05) is 26.8 Å². The van der Waals surface area contributed by atoms with Crippen molar-refractivity contribution < 1.29 is 37.4 Å². The molecule has 0 fully saturated rings. The number of methoxy groups -OCH3 is 1. The number of carbonyl (C=O) groups is 3. The van der Waals surface area contributed by atoms with E-state index in [0.29, 0.717) is 36.5 Å². The summed E-state index contributed by atoms with van der Waals surface area (Å²) in [4.78, 5) is 40.8. The van der Waals surface area contributed by atoms with Crippen LogP contribution in [0.3, 0.4) is 0 Å². The Kier molecular flexibility index (Phi) is 9.89. The van der Waals surface area contributed by atoms with E-state index < -0.39 is 34.8 Å². The molecule has 11 heteroatoms. The molecule has 45 heavy (non-hydrogen) atoms. The van der Waals surface area contributed by atoms with Crippen molar-refractivity contribution in [3.8, 4) is 5.75 Å². The molecular weight excluding hydrogens is 584 g/mol. The van der Waals surface area contributed by atoms with Gasteiger partial charge in [0.2, 0.25) is 0 Å². The minimum Gasteiger partial charge on any atom is -0.496 e. The van der Waals surface area contributed by atoms with Gasteiger partial charge in [0.15, 0.2) is 0 Å². The van der Waals surface area contributed by atoms with Crippen LogP contribution in [0.25, 0.3) is 11.1 Å². The van der Waals surface area contributed by atoms with Crippen molar-refractivity contribution in [1.29, 1.82) is 0 Å². The number of nitrogens with one attached hydrogen (secondary N) is 1. The smallest absolute Gasteiger partial charge is 0.410 e. The second-order valence-electron chi connectivity index (χ2n) is 13.0. The third-order valence-electron chi connectivity index (χ3n) is 7.15. The third kappa shape index (κ3) is 8.61. The lowest BCUT2D eigenvalue weighted by atomic mass is 9.96. The number of nitrogens with zero attached hydrogens (tertiary/aromatic N) is 2. The first-order valence-electron chi connectivity index (χ1n) is 14.9. The van der Waals surface area contributed by atoms with Gasteiger partial charge in [0.25, 0.3) is 5.91 Å². The first kappa shape index (κ1) is 33.5. The van der Waals surface area contributed by atoms with Crippen LogP contribution in [0.2, 0.25) is 0 Å². The Morgan fingerprint density at radius 3 is 1.73 bits per heavy atom. The highest BCUT2D eigenvalue weighted by Gasteiger charge is 2.27. The van der Waals surface area contributed by atoms with Crippen LogP contribution in [0.15, 0.2) is 42.5 Å². The number of hydrogen-bond acceptors (Lipinski definition) is 6. The fourth-order valence-corrected chi connectivity index (χ4v) is 5.04. The lowest BCUT2D eigenvalue weighted by molar-refractivity contribution is 0.0260. The van der Waals surface area contributed by atoms with Gasteiger partial charge in [-0.1, -0.05) is 12.2 Å². The molecule has 0 unspecified atom stereocenters. The SMILES string of the molecule is COc1cc(NC(=O)c2cc(F)c(C3=CCN(C(=O)OC(C)(C)C)CC3)c(F)c2)ccc1C1=CCN(C(=O)OC(C)(C)C)CC1. The van der Waals surface area contributed by atoms with Gasteiger partial charge in [0, 0.05) is 54.6 Å². The van der Waals surface area contributed by atoms with E-state index >= 15 is 8.78 Å². The molecule has 3 amide bonds. The van der Waals surface area contributed by atoms with Crippen LogP contribution >= 0.6 is 0 Å². The van der Waals surface area contributed by atoms with E-state index in [0.717, 1.165) is 23.3 Å². The van der Waals surface area contributed by atoms with Gasteiger partial charge in [0.05, 0.1) is 7.11 Å². The van der Waals surface area contributed by atoms with Crippen molar-refractivity contribution in [2.24, 2.45) is 0 Å². The van der Waals surface area contributed by atoms with Gasteiger partial charge in [-0.15, -0.1) is 0 Å². The van der Waals surface area contributed by atoms with Gasteiger partial charge >= 0.3 is 12.2 Å². The van der Waals surface area contributed by atoms with E-state index in [4.69, 9.17) is 14.2 Å². The second kappa shape index (κ2) is 13.3. The van der Waals surface area contributed by atoms with Crippen molar-refractivity contribution in [1.82, 2.24) is 9.80 Å². The number of carbonyl (C=O) groups excluding carboxylic acids is 3. The van der Waals surface area contributed by atoms with Crippen LogP contribution in [-0.2, 0) is 9.47 Å². The van der Waals surface area contributed by atoms with E-state index in [9.17, 15) is 14.4 Å². The molecule has 2 aliphatic heterocycles. The Bertz CT molecular complexity index is 1510. The Morgan fingerprint density at radius 2 is 1.29 bits per heavy atom. The molecule has 0 saturated heterocycles. The average Bonchev–Trinajstić information content (AvgIpc) is 2.95. The molecular formula is C34H41F2N3O6. The number of benzene rings is 2. The molecule has 0 spiro atoms. The second-order valence-corrected chi connectivity index (χ2v) is 13.0. The van der Waals surface area contributed by atoms with E-state index in [-0.39, 0.29) is 36.7 Å². The molecule has 0 radical (unpaired) electrons. The summed E-state index contributed by atoms with van der Waals surface area (Å²) < 4.78 is 46.8. The largest absolute Gasteiger partial charge is 0.496 e. The molecule has 2 heterocycles. The molecule has 242 valence electrons. The molecule has 1 N–H and O–H groups in total. The predicted octanol–water partition coefficient (Wildman–Crippen LogP) is 7.27. The summed E-state index contributed by atoms with van der Waals surface area (Å²) in [6, 6.07) is 7.12. The number of hydrogen-bond donors (Lipinski definition) is 1. The molecule has 9 nitrogen and oxygen atoms in total. The monoisotopic (exact) mass is 625 g/mol. The van der Waals surface area contributed by atoms with Crippen LogP contribution in [-0.4, -0.2) is 72.4 Å². The maximum Gasteiger partial charge on any atom is 0.410 e. The topological polar surface area (TPSA) is 97.4 Å². The fraction of sp³-hybridized carbons (Fsp3) is 0.441. The van der Waals surface area contributed by atoms with Gasteiger partial charge in [0.1, 0.15) is 28.6 Å². The molecule has 0 aliphatic carbocycles. The van der Waals surface area contributed by atoms with Crippen molar-refractivity contribution in [2.75, 3.05) is 38.6 Å². The van der Waals surface area contributed by atoms with Crippen LogP contribution < -0.4 is 10.1 Å². The normalized spacial score (nSPS) is 15.6. The van der Waals surface area contributed by atoms with E-state index in [2.05, 4.69) is 5.32 Å². The molecule has 2 aromatic carbocycles. The highest BCUT2D eigenvalue weighted by Crippen LogP contribution is 2.34. The summed E-state index contributed by atoms with van der Waals surface area (Å²) in [6.07, 6.45) is 3.49. The maximum absolute atomic E-state index is 15.2. The van der Waals surface area contributed by atoms with Crippen molar-refractivity contribution in [3.05, 3.63) is 70.8 Å². The molecule has 0 atom stereocenters. The fourth-order valence-electron chi connectivity index (χ4n) is 5.04. The quantitative estimate of drug-likeness (QED) is 0.375. The summed E-state index contributed by atoms with van der Waals surface area (Å²) in [7, 11) is 1.51. The summed E-state index contributed by atoms with van der Waals surface area (Å²) >= 11 is 0. The maximum atomic E-state index is 15.2. The van der Waals surface area contributed by atoms with Crippen LogP contribution in [0.1, 0.15) is 75.9 Å². The van der Waals surface area contributed by atoms with Gasteiger partial charge in [-0.25, -0.2) is 18.4 Å². The van der Waals surface area contributed by atoms with Crippen molar-refractivity contribution in [3.63, 3.8) is 0 Å². The summed E-state index contributed by atoms with van der Waals surface area (Å²) in [5.74, 6) is -1.92. The lowest BCUT2D eigenvalue weighted by Gasteiger charge is -2.30. The number of amides is 3. The molecule has 2 aliphatic rings. The van der Waals surface area contributed by atoms with Gasteiger partial charge in [-0.05, 0) is 89.8 Å². The molecule has 0 bridgehead atoms. The Labute approximate surface area is 262 Å². The Morgan fingerprint density at radius 1 is 0.778 bits per heavy atom. The molecule has 4 rings (SSSR count). The molecule has 0 saturated carbocycles. The highest BCUT2D eigenvalue weighted by atomic mass is 19.1. The van der Waals surface area contributed by atoms with Crippen LogP contribution in [0.5, 0.6) is 5.75 Å². The van der Waals surface area contributed by atoms with Crippen LogP contribution in [0.4, 0.5) is 24.1 Å². The number of rotatable bonds is 5. The summed E-state index contributed by atoms with van der Waals surface area (Å²) in [5, 5.41) is 2.68. The minimum absolute atomic E-state index is 0.155. The third-order valence-corrected chi connectivity index (χ3v) is 7.15. The summed E-state index contributed by atoms with van der Waals surface area (Å²) in [5.41, 5.74) is 0.973. The van der Waals surface area contributed by atoms with Crippen molar-refractivity contribution in [2.45, 2.75) is 65.6 Å².